The minimum Gasteiger partial charge on any atom is -0.492 e. The molecule has 3 rings (SSSR count). The van der Waals surface area contributed by atoms with Gasteiger partial charge >= 0.3 is 0 Å². The molecular weight excluding hydrogens is 516 g/mol. The van der Waals surface area contributed by atoms with Crippen LogP contribution in [0.15, 0.2) is 77.3 Å². The molecule has 0 fully saturated rings. The molecule has 0 aromatic heterocycles. The van der Waals surface area contributed by atoms with Crippen molar-refractivity contribution in [3.63, 3.8) is 0 Å². The van der Waals surface area contributed by atoms with Gasteiger partial charge in [0.05, 0.1) is 17.7 Å². The van der Waals surface area contributed by atoms with Crippen molar-refractivity contribution in [2.75, 3.05) is 31.7 Å². The molecule has 0 saturated carbocycles. The van der Waals surface area contributed by atoms with E-state index in [0.717, 1.165) is 6.42 Å². The molecule has 0 aliphatic heterocycles. The molecule has 1 amide bonds. The third-order valence-corrected chi connectivity index (χ3v) is 5.53. The standard InChI is InChI=1S/C26H27BrN2O4S/c1-2-31-15-16-32-22-10-6-9-21(18-22)28-26(34)29-25(30)20-11-12-24(23(27)17-20)33-14-13-19-7-4-3-5-8-19/h3-12,17-18H,2,13-16H2,1H3,(H2,28,29,30,34). The van der Waals surface area contributed by atoms with Crippen LogP contribution in [0.2, 0.25) is 0 Å². The van der Waals surface area contributed by atoms with Gasteiger partial charge in [-0.3, -0.25) is 10.1 Å². The second-order valence-corrected chi connectivity index (χ2v) is 8.47. The maximum Gasteiger partial charge on any atom is 0.257 e. The number of thiocarbonyl (C=S) groups is 1. The maximum atomic E-state index is 12.6. The Labute approximate surface area is 213 Å². The minimum absolute atomic E-state index is 0.191. The predicted octanol–water partition coefficient (Wildman–Crippen LogP) is 5.61. The first kappa shape index (κ1) is 25.7. The molecule has 0 unspecified atom stereocenters. The van der Waals surface area contributed by atoms with Crippen LogP contribution in [0.3, 0.4) is 0 Å². The highest BCUT2D eigenvalue weighted by Gasteiger charge is 2.11. The molecule has 0 aliphatic carbocycles. The van der Waals surface area contributed by atoms with Crippen molar-refractivity contribution in [3.05, 3.63) is 88.4 Å². The number of hydrogen-bond donors (Lipinski definition) is 2. The highest BCUT2D eigenvalue weighted by molar-refractivity contribution is 9.10. The molecule has 0 spiro atoms. The van der Waals surface area contributed by atoms with E-state index >= 15 is 0 Å². The van der Waals surface area contributed by atoms with Crippen molar-refractivity contribution >= 4 is 44.9 Å². The van der Waals surface area contributed by atoms with E-state index in [9.17, 15) is 4.79 Å². The summed E-state index contributed by atoms with van der Waals surface area (Å²) in [7, 11) is 0. The first-order valence-electron chi connectivity index (χ1n) is 10.9. The van der Waals surface area contributed by atoms with Crippen LogP contribution in [0.5, 0.6) is 11.5 Å². The zero-order valence-electron chi connectivity index (χ0n) is 18.9. The number of nitrogens with one attached hydrogen (secondary N) is 2. The largest absolute Gasteiger partial charge is 0.492 e. The van der Waals surface area contributed by atoms with E-state index in [2.05, 4.69) is 38.7 Å². The van der Waals surface area contributed by atoms with Crippen LogP contribution in [-0.4, -0.2) is 37.4 Å². The molecule has 0 aliphatic rings. The second kappa shape index (κ2) is 13.7. The fourth-order valence-corrected chi connectivity index (χ4v) is 3.75. The average Bonchev–Trinajstić information content (AvgIpc) is 2.83. The number of hydrogen-bond acceptors (Lipinski definition) is 5. The number of halogens is 1. The van der Waals surface area contributed by atoms with E-state index < -0.39 is 0 Å². The minimum atomic E-state index is -0.321. The summed E-state index contributed by atoms with van der Waals surface area (Å²) < 4.78 is 17.5. The lowest BCUT2D eigenvalue weighted by molar-refractivity contribution is 0.0977. The fraction of sp³-hybridized carbons (Fsp3) is 0.231. The third-order valence-electron chi connectivity index (χ3n) is 4.70. The highest BCUT2D eigenvalue weighted by atomic mass is 79.9. The number of amides is 1. The monoisotopic (exact) mass is 542 g/mol. The van der Waals surface area contributed by atoms with Gasteiger partial charge in [-0.2, -0.15) is 0 Å². The molecule has 178 valence electrons. The molecule has 34 heavy (non-hydrogen) atoms. The lowest BCUT2D eigenvalue weighted by atomic mass is 10.2. The number of ether oxygens (including phenoxy) is 3. The summed E-state index contributed by atoms with van der Waals surface area (Å²) in [5, 5.41) is 5.89. The van der Waals surface area contributed by atoms with E-state index in [4.69, 9.17) is 26.4 Å². The van der Waals surface area contributed by atoms with Crippen LogP contribution in [0, 0.1) is 0 Å². The van der Waals surface area contributed by atoms with Gasteiger partial charge in [-0.25, -0.2) is 0 Å². The molecule has 0 heterocycles. The first-order chi connectivity index (χ1) is 16.5. The van der Waals surface area contributed by atoms with E-state index in [0.29, 0.717) is 53.7 Å². The molecule has 0 radical (unpaired) electrons. The van der Waals surface area contributed by atoms with Gasteiger partial charge in [0.15, 0.2) is 5.11 Å². The van der Waals surface area contributed by atoms with Crippen LogP contribution in [0.1, 0.15) is 22.8 Å². The number of carbonyl (C=O) groups excluding carboxylic acids is 1. The summed E-state index contributed by atoms with van der Waals surface area (Å²) >= 11 is 8.78. The van der Waals surface area contributed by atoms with Gasteiger partial charge < -0.3 is 19.5 Å². The smallest absolute Gasteiger partial charge is 0.257 e. The fourth-order valence-electron chi connectivity index (χ4n) is 3.05. The normalized spacial score (nSPS) is 10.4. The van der Waals surface area contributed by atoms with Gasteiger partial charge in [-0.05, 0) is 71.0 Å². The van der Waals surface area contributed by atoms with Gasteiger partial charge in [0.2, 0.25) is 0 Å². The van der Waals surface area contributed by atoms with E-state index in [-0.39, 0.29) is 11.0 Å². The van der Waals surface area contributed by atoms with Crippen molar-refractivity contribution < 1.29 is 19.0 Å². The molecule has 0 atom stereocenters. The summed E-state index contributed by atoms with van der Waals surface area (Å²) in [4.78, 5) is 12.6. The lowest BCUT2D eigenvalue weighted by Gasteiger charge is -2.13. The summed E-state index contributed by atoms with van der Waals surface area (Å²) in [6.45, 7) is 4.11. The Morgan fingerprint density at radius 1 is 0.941 bits per heavy atom. The number of rotatable bonds is 11. The Hall–Kier alpha value is -2.94. The lowest BCUT2D eigenvalue weighted by Crippen LogP contribution is -2.34. The van der Waals surface area contributed by atoms with Gasteiger partial charge in [-0.15, -0.1) is 0 Å². The van der Waals surface area contributed by atoms with Crippen molar-refractivity contribution in [1.82, 2.24) is 5.32 Å². The van der Waals surface area contributed by atoms with Crippen molar-refractivity contribution in [1.29, 1.82) is 0 Å². The quantitative estimate of drug-likeness (QED) is 0.242. The van der Waals surface area contributed by atoms with Crippen LogP contribution < -0.4 is 20.1 Å². The summed E-state index contributed by atoms with van der Waals surface area (Å²) in [6.07, 6.45) is 0.800. The van der Waals surface area contributed by atoms with Crippen molar-refractivity contribution in [2.45, 2.75) is 13.3 Å². The predicted molar refractivity (Wildman–Crippen MR) is 142 cm³/mol. The Bertz CT molecular complexity index is 1100. The number of benzene rings is 3. The summed E-state index contributed by atoms with van der Waals surface area (Å²) in [5.74, 6) is 1.04. The van der Waals surface area contributed by atoms with Crippen molar-refractivity contribution in [2.24, 2.45) is 0 Å². The molecule has 3 aromatic carbocycles. The Kier molecular flexibility index (Phi) is 10.3. The number of carbonyl (C=O) groups is 1. The van der Waals surface area contributed by atoms with E-state index in [1.54, 1.807) is 18.2 Å². The topological polar surface area (TPSA) is 68.8 Å². The zero-order chi connectivity index (χ0) is 24.2. The van der Waals surface area contributed by atoms with Gasteiger partial charge in [0.1, 0.15) is 18.1 Å². The van der Waals surface area contributed by atoms with Gasteiger partial charge in [-0.1, -0.05) is 36.4 Å². The SMILES string of the molecule is CCOCCOc1cccc(NC(=S)NC(=O)c2ccc(OCCc3ccccc3)c(Br)c2)c1. The van der Waals surface area contributed by atoms with Gasteiger partial charge in [0.25, 0.3) is 5.91 Å². The van der Waals surface area contributed by atoms with Crippen LogP contribution in [0.25, 0.3) is 0 Å². The van der Waals surface area contributed by atoms with E-state index in [1.165, 1.54) is 5.56 Å². The zero-order valence-corrected chi connectivity index (χ0v) is 21.3. The highest BCUT2D eigenvalue weighted by Crippen LogP contribution is 2.26. The second-order valence-electron chi connectivity index (χ2n) is 7.21. The van der Waals surface area contributed by atoms with Crippen molar-refractivity contribution in [3.8, 4) is 11.5 Å². The van der Waals surface area contributed by atoms with Gasteiger partial charge in [0, 0.05) is 30.3 Å². The average molecular weight is 543 g/mol. The number of anilines is 1. The Morgan fingerprint density at radius 3 is 2.53 bits per heavy atom. The Morgan fingerprint density at radius 2 is 1.76 bits per heavy atom. The summed E-state index contributed by atoms with van der Waals surface area (Å²) in [6, 6.07) is 22.6. The third kappa shape index (κ3) is 8.44. The molecular formula is C26H27BrN2O4S. The van der Waals surface area contributed by atoms with Crippen LogP contribution in [-0.2, 0) is 11.2 Å². The molecule has 0 bridgehead atoms. The van der Waals surface area contributed by atoms with E-state index in [1.807, 2.05) is 49.4 Å². The summed E-state index contributed by atoms with van der Waals surface area (Å²) in [5.41, 5.74) is 2.38. The molecule has 6 nitrogen and oxygen atoms in total. The first-order valence-corrected chi connectivity index (χ1v) is 12.1. The van der Waals surface area contributed by atoms with Crippen LogP contribution in [0.4, 0.5) is 5.69 Å². The maximum absolute atomic E-state index is 12.6. The van der Waals surface area contributed by atoms with Crippen LogP contribution >= 0.6 is 28.1 Å². The Balaban J connectivity index is 1.49. The molecule has 0 saturated heterocycles. The molecule has 8 heteroatoms. The molecule has 2 N–H and O–H groups in total. The molecule has 3 aromatic rings.